The number of benzene rings is 1. The second-order valence-electron chi connectivity index (χ2n) is 12.2. The minimum absolute atomic E-state index is 0.238. The molecule has 0 aliphatic carbocycles. The molecular formula is C32H48N4O4. The van der Waals surface area contributed by atoms with Crippen molar-refractivity contribution in [3.63, 3.8) is 0 Å². The number of carboxylic acids is 1. The van der Waals surface area contributed by atoms with Crippen molar-refractivity contribution in [3.05, 3.63) is 59.3 Å². The van der Waals surface area contributed by atoms with Crippen LogP contribution in [0.5, 0.6) is 0 Å². The third-order valence-electron chi connectivity index (χ3n) is 7.45. The Balaban J connectivity index is 1.55. The first-order valence-electron chi connectivity index (χ1n) is 14.6. The first-order chi connectivity index (χ1) is 19.0. The fourth-order valence-corrected chi connectivity index (χ4v) is 4.86. The van der Waals surface area contributed by atoms with Crippen LogP contribution < -0.4 is 10.6 Å². The molecule has 8 nitrogen and oxygen atoms in total. The Morgan fingerprint density at radius 3 is 2.50 bits per heavy atom. The van der Waals surface area contributed by atoms with Gasteiger partial charge in [-0.25, -0.2) is 9.78 Å². The predicted octanol–water partition coefficient (Wildman–Crippen LogP) is 4.82. The van der Waals surface area contributed by atoms with Gasteiger partial charge in [0.25, 0.3) is 0 Å². The second-order valence-corrected chi connectivity index (χ2v) is 12.2. The van der Waals surface area contributed by atoms with Gasteiger partial charge in [0.2, 0.25) is 5.91 Å². The fraction of sp³-hybridized carbons (Fsp3) is 0.594. The monoisotopic (exact) mass is 552 g/mol. The summed E-state index contributed by atoms with van der Waals surface area (Å²) in [5, 5.41) is 16.1. The summed E-state index contributed by atoms with van der Waals surface area (Å²) >= 11 is 0. The maximum atomic E-state index is 13.1. The second kappa shape index (κ2) is 14.6. The number of hydrogen-bond acceptors (Lipinski definition) is 6. The largest absolute Gasteiger partial charge is 0.480 e. The molecule has 3 N–H and O–H groups in total. The maximum absolute atomic E-state index is 13.1. The van der Waals surface area contributed by atoms with Crippen LogP contribution in [-0.2, 0) is 32.6 Å². The summed E-state index contributed by atoms with van der Waals surface area (Å²) in [6.45, 7) is 13.4. The minimum Gasteiger partial charge on any atom is -0.480 e. The van der Waals surface area contributed by atoms with Crippen LogP contribution >= 0.6 is 0 Å². The van der Waals surface area contributed by atoms with E-state index in [9.17, 15) is 14.7 Å². The molecule has 1 atom stereocenters. The molecule has 1 amide bonds. The molecule has 0 radical (unpaired) electrons. The summed E-state index contributed by atoms with van der Waals surface area (Å²) in [4.78, 5) is 32.3. The highest BCUT2D eigenvalue weighted by Crippen LogP contribution is 2.24. The van der Waals surface area contributed by atoms with Gasteiger partial charge in [0.1, 0.15) is 11.9 Å². The summed E-state index contributed by atoms with van der Waals surface area (Å²) in [5.74, 6) is -0.280. The number of aryl methyl sites for hydroxylation is 2. The number of aliphatic carboxylic acids is 1. The summed E-state index contributed by atoms with van der Waals surface area (Å²) in [6, 6.07) is 12.8. The topological polar surface area (TPSA) is 104 Å². The van der Waals surface area contributed by atoms with Crippen molar-refractivity contribution in [1.82, 2.24) is 15.2 Å². The van der Waals surface area contributed by atoms with Crippen molar-refractivity contribution in [2.45, 2.75) is 90.2 Å². The molecule has 0 bridgehead atoms. The number of fused-ring (bicyclic) bond motifs is 1. The lowest BCUT2D eigenvalue weighted by Crippen LogP contribution is -2.49. The molecule has 1 aromatic heterocycles. The quantitative estimate of drug-likeness (QED) is 0.272. The molecule has 0 fully saturated rings. The van der Waals surface area contributed by atoms with Gasteiger partial charge < -0.3 is 25.4 Å². The highest BCUT2D eigenvalue weighted by atomic mass is 16.5. The number of anilines is 1. The lowest BCUT2D eigenvalue weighted by Gasteiger charge is -2.29. The Morgan fingerprint density at radius 2 is 1.80 bits per heavy atom. The average Bonchev–Trinajstić information content (AvgIpc) is 2.92. The summed E-state index contributed by atoms with van der Waals surface area (Å²) in [5.41, 5.74) is 2.17. The molecule has 8 heteroatoms. The van der Waals surface area contributed by atoms with E-state index in [1.807, 2.05) is 65.0 Å². The van der Waals surface area contributed by atoms with Crippen molar-refractivity contribution < 1.29 is 19.4 Å². The van der Waals surface area contributed by atoms with Gasteiger partial charge >= 0.3 is 5.97 Å². The zero-order valence-corrected chi connectivity index (χ0v) is 25.0. The van der Waals surface area contributed by atoms with E-state index in [0.717, 1.165) is 62.3 Å². The Kier molecular flexibility index (Phi) is 11.5. The number of amides is 1. The zero-order valence-electron chi connectivity index (χ0n) is 25.0. The van der Waals surface area contributed by atoms with E-state index in [0.29, 0.717) is 26.1 Å². The van der Waals surface area contributed by atoms with Crippen molar-refractivity contribution >= 4 is 17.7 Å². The third kappa shape index (κ3) is 9.89. The van der Waals surface area contributed by atoms with Crippen molar-refractivity contribution in [2.24, 2.45) is 0 Å². The van der Waals surface area contributed by atoms with Crippen molar-refractivity contribution in [3.8, 4) is 0 Å². The van der Waals surface area contributed by atoms with Crippen LogP contribution in [0.4, 0.5) is 5.82 Å². The maximum Gasteiger partial charge on any atom is 0.326 e. The standard InChI is InChI=1S/C32H48N4O4/c1-31(2,3)40-23-22-36(20-10-9-15-26-17-16-24-12-11-19-33-28(24)34-26)21-18-27(29(37)38)35-30(39)32(4,5)25-13-7-6-8-14-25/h6-8,13-14,16-17,27H,9-12,15,18-23H2,1-5H3,(H,33,34)(H,35,39)(H,37,38). The Bertz CT molecular complexity index is 1100. The van der Waals surface area contributed by atoms with Gasteiger partial charge in [-0.15, -0.1) is 0 Å². The molecule has 0 spiro atoms. The first-order valence-corrected chi connectivity index (χ1v) is 14.6. The van der Waals surface area contributed by atoms with Gasteiger partial charge in [-0.3, -0.25) is 4.79 Å². The van der Waals surface area contributed by atoms with E-state index in [-0.39, 0.29) is 11.5 Å². The number of pyridine rings is 1. The Morgan fingerprint density at radius 1 is 1.05 bits per heavy atom. The lowest BCUT2D eigenvalue weighted by molar-refractivity contribution is -0.142. The molecule has 1 unspecified atom stereocenters. The van der Waals surface area contributed by atoms with Crippen LogP contribution in [-0.4, -0.2) is 71.3 Å². The number of nitrogens with one attached hydrogen (secondary N) is 2. The van der Waals surface area contributed by atoms with E-state index in [1.54, 1.807) is 0 Å². The van der Waals surface area contributed by atoms with Crippen LogP contribution in [0, 0.1) is 0 Å². The molecule has 1 aliphatic heterocycles. The molecule has 0 saturated carbocycles. The van der Waals surface area contributed by atoms with Gasteiger partial charge in [0.15, 0.2) is 0 Å². The van der Waals surface area contributed by atoms with Gasteiger partial charge in [0.05, 0.1) is 17.6 Å². The Hall–Kier alpha value is -2.97. The van der Waals surface area contributed by atoms with Gasteiger partial charge in [-0.1, -0.05) is 36.4 Å². The number of aromatic nitrogens is 1. The number of nitrogens with zero attached hydrogens (tertiary/aromatic N) is 2. The molecule has 1 aliphatic rings. The first kappa shape index (κ1) is 31.6. The number of carbonyl (C=O) groups excluding carboxylic acids is 1. The normalized spacial score (nSPS) is 14.3. The molecular weight excluding hydrogens is 504 g/mol. The predicted molar refractivity (Wildman–Crippen MR) is 160 cm³/mol. The summed E-state index contributed by atoms with van der Waals surface area (Å²) in [6.07, 6.45) is 5.42. The number of unbranched alkanes of at least 4 members (excludes halogenated alkanes) is 1. The van der Waals surface area contributed by atoms with Crippen molar-refractivity contribution in [2.75, 3.05) is 38.1 Å². The van der Waals surface area contributed by atoms with Gasteiger partial charge in [-0.2, -0.15) is 0 Å². The summed E-state index contributed by atoms with van der Waals surface area (Å²) < 4.78 is 5.96. The van der Waals surface area contributed by atoms with Crippen LogP contribution in [0.1, 0.15) is 77.1 Å². The molecule has 2 heterocycles. The molecule has 2 aromatic rings. The minimum atomic E-state index is -1.02. The van der Waals surface area contributed by atoms with Gasteiger partial charge in [0, 0.05) is 25.3 Å². The highest BCUT2D eigenvalue weighted by molar-refractivity contribution is 5.90. The van der Waals surface area contributed by atoms with Gasteiger partial charge in [-0.05, 0) is 96.9 Å². The number of carboxylic acid groups (broad SMARTS) is 1. The van der Waals surface area contributed by atoms with Crippen molar-refractivity contribution in [1.29, 1.82) is 0 Å². The molecule has 220 valence electrons. The lowest BCUT2D eigenvalue weighted by atomic mass is 9.83. The van der Waals surface area contributed by atoms with Crippen LogP contribution in [0.2, 0.25) is 0 Å². The average molecular weight is 553 g/mol. The molecule has 40 heavy (non-hydrogen) atoms. The number of rotatable bonds is 15. The van der Waals surface area contributed by atoms with Crippen LogP contribution in [0.25, 0.3) is 0 Å². The van der Waals surface area contributed by atoms with E-state index < -0.39 is 17.4 Å². The number of hydrogen-bond donors (Lipinski definition) is 3. The summed E-state index contributed by atoms with van der Waals surface area (Å²) in [7, 11) is 0. The van der Waals surface area contributed by atoms with Crippen LogP contribution in [0.15, 0.2) is 42.5 Å². The molecule has 3 rings (SSSR count). The van der Waals surface area contributed by atoms with Crippen LogP contribution in [0.3, 0.4) is 0 Å². The zero-order chi connectivity index (χ0) is 29.2. The third-order valence-corrected chi connectivity index (χ3v) is 7.45. The Labute approximate surface area is 239 Å². The van der Waals surface area contributed by atoms with E-state index in [4.69, 9.17) is 9.72 Å². The smallest absolute Gasteiger partial charge is 0.326 e. The number of ether oxygens (including phenoxy) is 1. The molecule has 0 saturated heterocycles. The number of carbonyl (C=O) groups is 2. The van der Waals surface area contributed by atoms with E-state index >= 15 is 0 Å². The molecule has 1 aromatic carbocycles. The SMILES string of the molecule is CC(C)(C)OCCN(CCCCc1ccc2c(n1)NCCC2)CCC(NC(=O)C(C)(C)c1ccccc1)C(=O)O. The van der Waals surface area contributed by atoms with E-state index in [1.165, 1.54) is 5.56 Å². The van der Waals surface area contributed by atoms with E-state index in [2.05, 4.69) is 27.7 Å². The fourth-order valence-electron chi connectivity index (χ4n) is 4.86. The highest BCUT2D eigenvalue weighted by Gasteiger charge is 2.33.